The number of benzene rings is 1. The summed E-state index contributed by atoms with van der Waals surface area (Å²) >= 11 is 6.13. The minimum Gasteiger partial charge on any atom is -0.340 e. The van der Waals surface area contributed by atoms with E-state index in [-0.39, 0.29) is 28.6 Å². The molecule has 1 saturated heterocycles. The van der Waals surface area contributed by atoms with Crippen molar-refractivity contribution in [1.29, 1.82) is 0 Å². The number of tetrazole rings is 1. The largest absolute Gasteiger partial charge is 0.340 e. The molecule has 1 amide bonds. The van der Waals surface area contributed by atoms with Crippen molar-refractivity contribution < 1.29 is 9.18 Å². The van der Waals surface area contributed by atoms with Gasteiger partial charge in [0.05, 0.1) is 41.0 Å². The molecule has 1 N–H and O–H groups in total. The number of aromatic amines is 1. The smallest absolute Gasteiger partial charge is 0.247 e. The predicted molar refractivity (Wildman–Crippen MR) is 136 cm³/mol. The van der Waals surface area contributed by atoms with Crippen molar-refractivity contribution in [3.63, 3.8) is 0 Å². The Labute approximate surface area is 225 Å². The molecular weight excluding hydrogens is 525 g/mol. The molecular formula is C25H19ClFN11O. The van der Waals surface area contributed by atoms with Crippen molar-refractivity contribution in [3.05, 3.63) is 83.7 Å². The lowest BCUT2D eigenvalue weighted by molar-refractivity contribution is -0.129. The number of nitrogens with one attached hydrogen (secondary N) is 1. The molecule has 7 rings (SSSR count). The van der Waals surface area contributed by atoms with Gasteiger partial charge in [-0.2, -0.15) is 4.68 Å². The van der Waals surface area contributed by atoms with Gasteiger partial charge in [-0.3, -0.25) is 4.79 Å². The number of halogens is 2. The summed E-state index contributed by atoms with van der Waals surface area (Å²) in [6.45, 7) is 0. The summed E-state index contributed by atoms with van der Waals surface area (Å²) in [6.07, 6.45) is 11.5. The van der Waals surface area contributed by atoms with Crippen LogP contribution in [0.1, 0.15) is 36.7 Å². The normalized spacial score (nSPS) is 18.9. The minimum atomic E-state index is -0.606. The molecule has 1 fully saturated rings. The molecule has 0 radical (unpaired) electrons. The van der Waals surface area contributed by atoms with Crippen molar-refractivity contribution in [2.75, 3.05) is 0 Å². The van der Waals surface area contributed by atoms with Crippen LogP contribution in [0.15, 0.2) is 61.5 Å². The first-order valence-electron chi connectivity index (χ1n) is 12.2. The van der Waals surface area contributed by atoms with E-state index in [0.717, 1.165) is 24.1 Å². The summed E-state index contributed by atoms with van der Waals surface area (Å²) in [6, 6.07) is 6.51. The number of imidazole rings is 1. The molecule has 194 valence electrons. The van der Waals surface area contributed by atoms with Crippen LogP contribution in [0.3, 0.4) is 0 Å². The number of nitrogens with zero attached hydrogens (tertiary/aromatic N) is 10. The average Bonchev–Trinajstić information content (AvgIpc) is 3.76. The van der Waals surface area contributed by atoms with Crippen LogP contribution >= 0.6 is 11.6 Å². The van der Waals surface area contributed by atoms with Gasteiger partial charge in [-0.05, 0) is 59.5 Å². The number of rotatable bonds is 5. The number of amides is 1. The topological polar surface area (TPSA) is 136 Å². The fourth-order valence-corrected chi connectivity index (χ4v) is 5.56. The fourth-order valence-electron chi connectivity index (χ4n) is 5.40. The Hall–Kier alpha value is -4.78. The second-order valence-corrected chi connectivity index (χ2v) is 9.72. The van der Waals surface area contributed by atoms with E-state index in [1.807, 2.05) is 17.0 Å². The van der Waals surface area contributed by atoms with Gasteiger partial charge in [0.1, 0.15) is 12.2 Å². The summed E-state index contributed by atoms with van der Waals surface area (Å²) in [5.41, 5.74) is 2.88. The van der Waals surface area contributed by atoms with Crippen molar-refractivity contribution in [3.8, 4) is 22.8 Å². The Bertz CT molecular complexity index is 1710. The lowest BCUT2D eigenvalue weighted by atomic mass is 9.92. The summed E-state index contributed by atoms with van der Waals surface area (Å²) < 4.78 is 18.3. The van der Waals surface area contributed by atoms with E-state index in [4.69, 9.17) is 11.6 Å². The van der Waals surface area contributed by atoms with Gasteiger partial charge in [-0.1, -0.05) is 16.8 Å². The lowest BCUT2D eigenvalue weighted by Gasteiger charge is -2.33. The van der Waals surface area contributed by atoms with Crippen LogP contribution in [-0.4, -0.2) is 67.0 Å². The highest BCUT2D eigenvalue weighted by atomic mass is 35.5. The number of carbonyl (C=O) groups is 1. The van der Waals surface area contributed by atoms with Crippen LogP contribution in [0.4, 0.5) is 4.39 Å². The summed E-state index contributed by atoms with van der Waals surface area (Å²) in [7, 11) is 0. The van der Waals surface area contributed by atoms with Crippen LogP contribution in [0.25, 0.3) is 28.3 Å². The SMILES string of the molecule is O=C1C=C(c2c(-n3cnnn3)ccc(Cl)c2F)C[C@H]2CC[C@@H](c3ncc(-c4ccnc(-n5ccnn5)c4)[nH]3)N12. The summed E-state index contributed by atoms with van der Waals surface area (Å²) in [5, 5.41) is 19.0. The Balaban J connectivity index is 1.19. The second-order valence-electron chi connectivity index (χ2n) is 9.31. The number of aromatic nitrogens is 10. The van der Waals surface area contributed by atoms with Gasteiger partial charge >= 0.3 is 0 Å². The van der Waals surface area contributed by atoms with Crippen LogP contribution in [0.5, 0.6) is 0 Å². The summed E-state index contributed by atoms with van der Waals surface area (Å²) in [4.78, 5) is 27.6. The zero-order chi connectivity index (χ0) is 26.5. The van der Waals surface area contributed by atoms with Crippen LogP contribution in [0, 0.1) is 5.82 Å². The van der Waals surface area contributed by atoms with Gasteiger partial charge in [0.2, 0.25) is 5.91 Å². The third kappa shape index (κ3) is 3.98. The van der Waals surface area contributed by atoms with E-state index < -0.39 is 5.82 Å². The van der Waals surface area contributed by atoms with Crippen molar-refractivity contribution in [1.82, 2.24) is 55.1 Å². The first kappa shape index (κ1) is 23.3. The Morgan fingerprint density at radius 2 is 1.97 bits per heavy atom. The van der Waals surface area contributed by atoms with E-state index in [1.165, 1.54) is 23.2 Å². The maximum atomic E-state index is 15.3. The monoisotopic (exact) mass is 543 g/mol. The van der Waals surface area contributed by atoms with Gasteiger partial charge in [0, 0.05) is 29.4 Å². The predicted octanol–water partition coefficient (Wildman–Crippen LogP) is 3.34. The molecule has 12 nitrogen and oxygen atoms in total. The first-order valence-corrected chi connectivity index (χ1v) is 12.6. The Morgan fingerprint density at radius 1 is 1.05 bits per heavy atom. The van der Waals surface area contributed by atoms with E-state index in [0.29, 0.717) is 29.3 Å². The highest BCUT2D eigenvalue weighted by Crippen LogP contribution is 2.44. The molecule has 39 heavy (non-hydrogen) atoms. The molecule has 2 atom stereocenters. The van der Waals surface area contributed by atoms with E-state index in [2.05, 4.69) is 40.8 Å². The first-order chi connectivity index (χ1) is 19.1. The quantitative estimate of drug-likeness (QED) is 0.356. The molecule has 2 aliphatic rings. The Morgan fingerprint density at radius 3 is 2.79 bits per heavy atom. The number of carbonyl (C=O) groups excluding carboxylic acids is 1. The molecule has 4 aromatic heterocycles. The number of pyridine rings is 1. The number of hydrogen-bond acceptors (Lipinski definition) is 8. The van der Waals surface area contributed by atoms with Gasteiger partial charge in [-0.15, -0.1) is 10.2 Å². The molecule has 0 bridgehead atoms. The maximum absolute atomic E-state index is 15.3. The van der Waals surface area contributed by atoms with Crippen molar-refractivity contribution >= 4 is 23.1 Å². The molecule has 0 saturated carbocycles. The van der Waals surface area contributed by atoms with Gasteiger partial charge in [0.15, 0.2) is 11.6 Å². The van der Waals surface area contributed by atoms with Crippen molar-refractivity contribution in [2.24, 2.45) is 0 Å². The molecule has 0 aliphatic carbocycles. The highest BCUT2D eigenvalue weighted by molar-refractivity contribution is 6.31. The third-order valence-corrected chi connectivity index (χ3v) is 7.42. The van der Waals surface area contributed by atoms with Crippen LogP contribution < -0.4 is 0 Å². The third-order valence-electron chi connectivity index (χ3n) is 7.12. The highest BCUT2D eigenvalue weighted by Gasteiger charge is 2.42. The zero-order valence-corrected chi connectivity index (χ0v) is 20.9. The standard InChI is InChI=1S/C25H19ClFN11O/c26-17-2-4-19(37-13-31-33-35-37)23(24(17)27)15-9-16-1-3-20(38(16)22(39)11-15)25-29-12-18(32-25)14-5-6-28-21(10-14)36-8-7-30-34-36/h2,4-8,10-13,16,20H,1,3,9H2,(H,29,32)/t16-,20+/m1/s1. The molecule has 0 spiro atoms. The fraction of sp³-hybridized carbons (Fsp3) is 0.200. The van der Waals surface area contributed by atoms with E-state index in [9.17, 15) is 4.79 Å². The molecule has 1 aromatic carbocycles. The van der Waals surface area contributed by atoms with E-state index >= 15 is 4.39 Å². The second kappa shape index (κ2) is 9.20. The van der Waals surface area contributed by atoms with Crippen LogP contribution in [-0.2, 0) is 4.79 Å². The minimum absolute atomic E-state index is 0.0342. The van der Waals surface area contributed by atoms with Crippen LogP contribution in [0.2, 0.25) is 5.02 Å². The lowest BCUT2D eigenvalue weighted by Crippen LogP contribution is -2.39. The zero-order valence-electron chi connectivity index (χ0n) is 20.2. The molecule has 14 heteroatoms. The number of hydrogen-bond donors (Lipinski definition) is 1. The molecule has 0 unspecified atom stereocenters. The number of H-pyrrole nitrogens is 1. The molecule has 6 heterocycles. The molecule has 2 aliphatic heterocycles. The van der Waals surface area contributed by atoms with E-state index in [1.54, 1.807) is 35.5 Å². The Kier molecular flexibility index (Phi) is 5.51. The molecule has 5 aromatic rings. The van der Waals surface area contributed by atoms with Crippen molar-refractivity contribution in [2.45, 2.75) is 31.3 Å². The van der Waals surface area contributed by atoms with Gasteiger partial charge < -0.3 is 9.88 Å². The van der Waals surface area contributed by atoms with Gasteiger partial charge in [-0.25, -0.2) is 19.0 Å². The summed E-state index contributed by atoms with van der Waals surface area (Å²) in [5.74, 6) is 0.506. The average molecular weight is 544 g/mol. The number of fused-ring (bicyclic) bond motifs is 1. The van der Waals surface area contributed by atoms with Gasteiger partial charge in [0.25, 0.3) is 0 Å². The maximum Gasteiger partial charge on any atom is 0.247 e.